The van der Waals surface area contributed by atoms with Crippen LogP contribution < -0.4 is 0 Å². The van der Waals surface area contributed by atoms with Gasteiger partial charge in [0.05, 0.1) is 10.0 Å². The Morgan fingerprint density at radius 1 is 1.17 bits per heavy atom. The molecule has 2 heterocycles. The first-order valence-electron chi connectivity index (χ1n) is 3.11. The molecule has 0 aliphatic heterocycles. The van der Waals surface area contributed by atoms with E-state index in [1.165, 1.54) is 22.7 Å². The highest BCUT2D eigenvalue weighted by Crippen LogP contribution is 2.30. The van der Waals surface area contributed by atoms with Gasteiger partial charge < -0.3 is 0 Å². The van der Waals surface area contributed by atoms with Crippen LogP contribution in [-0.4, -0.2) is 4.98 Å². The van der Waals surface area contributed by atoms with Gasteiger partial charge in [0.2, 0.25) is 0 Å². The van der Waals surface area contributed by atoms with Crippen molar-refractivity contribution < 1.29 is 0 Å². The second-order valence-electron chi connectivity index (χ2n) is 2.13. The Morgan fingerprint density at radius 2 is 2.00 bits per heavy atom. The molecule has 12 heavy (non-hydrogen) atoms. The van der Waals surface area contributed by atoms with Gasteiger partial charge in [-0.3, -0.25) is 0 Å². The Morgan fingerprint density at radius 3 is 2.50 bits per heavy atom. The van der Waals surface area contributed by atoms with Crippen LogP contribution in [0.4, 0.5) is 0 Å². The highest BCUT2D eigenvalue weighted by atomic mass is 35.5. The fourth-order valence-corrected chi connectivity index (χ4v) is 2.48. The van der Waals surface area contributed by atoms with Gasteiger partial charge >= 0.3 is 0 Å². The average Bonchev–Trinajstić information content (AvgIpc) is 2.58. The SMILES string of the molecule is Clc1cc(-c2csc(Cl)n2)cs1. The zero-order valence-electron chi connectivity index (χ0n) is 5.75. The molecular weight excluding hydrogens is 233 g/mol. The van der Waals surface area contributed by atoms with Crippen molar-refractivity contribution in [2.75, 3.05) is 0 Å². The van der Waals surface area contributed by atoms with Crippen molar-refractivity contribution in [3.8, 4) is 11.3 Å². The van der Waals surface area contributed by atoms with E-state index in [4.69, 9.17) is 23.2 Å². The van der Waals surface area contributed by atoms with E-state index >= 15 is 0 Å². The third-order valence-electron chi connectivity index (χ3n) is 1.34. The lowest BCUT2D eigenvalue weighted by atomic mass is 10.3. The van der Waals surface area contributed by atoms with Gasteiger partial charge in [0.1, 0.15) is 0 Å². The van der Waals surface area contributed by atoms with Crippen LogP contribution in [-0.2, 0) is 0 Å². The molecule has 0 aromatic carbocycles. The Labute approximate surface area is 87.6 Å². The first-order chi connectivity index (χ1) is 5.75. The number of hydrogen-bond acceptors (Lipinski definition) is 3. The molecule has 0 fully saturated rings. The third-order valence-corrected chi connectivity index (χ3v) is 3.41. The third kappa shape index (κ3) is 1.64. The zero-order valence-corrected chi connectivity index (χ0v) is 8.90. The number of halogens is 2. The molecule has 2 rings (SSSR count). The van der Waals surface area contributed by atoms with Gasteiger partial charge in [0.25, 0.3) is 0 Å². The van der Waals surface area contributed by atoms with Gasteiger partial charge in [-0.15, -0.1) is 22.7 Å². The summed E-state index contributed by atoms with van der Waals surface area (Å²) in [6.07, 6.45) is 0. The second-order valence-corrected chi connectivity index (χ2v) is 5.11. The molecule has 62 valence electrons. The molecule has 0 bridgehead atoms. The number of aromatic nitrogens is 1. The fraction of sp³-hybridized carbons (Fsp3) is 0. The summed E-state index contributed by atoms with van der Waals surface area (Å²) in [5.74, 6) is 0. The summed E-state index contributed by atoms with van der Waals surface area (Å²) in [7, 11) is 0. The largest absolute Gasteiger partial charge is 0.225 e. The Balaban J connectivity index is 2.43. The molecule has 2 aromatic heterocycles. The minimum absolute atomic E-state index is 0.562. The number of thiazole rings is 1. The van der Waals surface area contributed by atoms with Gasteiger partial charge in [-0.1, -0.05) is 23.2 Å². The van der Waals surface area contributed by atoms with Crippen LogP contribution >= 0.6 is 45.9 Å². The molecule has 0 spiro atoms. The van der Waals surface area contributed by atoms with Gasteiger partial charge in [-0.2, -0.15) is 0 Å². The summed E-state index contributed by atoms with van der Waals surface area (Å²) in [4.78, 5) is 4.13. The maximum absolute atomic E-state index is 5.78. The Kier molecular flexibility index (Phi) is 2.37. The quantitative estimate of drug-likeness (QED) is 0.723. The van der Waals surface area contributed by atoms with Gasteiger partial charge in [0.15, 0.2) is 4.47 Å². The van der Waals surface area contributed by atoms with E-state index in [1.807, 2.05) is 16.8 Å². The zero-order chi connectivity index (χ0) is 8.55. The molecule has 0 atom stereocenters. The smallest absolute Gasteiger partial charge is 0.184 e. The highest BCUT2D eigenvalue weighted by Gasteiger charge is 2.04. The lowest BCUT2D eigenvalue weighted by Gasteiger charge is -1.85. The van der Waals surface area contributed by atoms with Gasteiger partial charge in [-0.25, -0.2) is 4.98 Å². The van der Waals surface area contributed by atoms with Crippen LogP contribution in [0.5, 0.6) is 0 Å². The summed E-state index contributed by atoms with van der Waals surface area (Å²) in [5, 5.41) is 3.88. The Hall–Kier alpha value is -0.0900. The predicted octanol–water partition coefficient (Wildman–Crippen LogP) is 4.18. The van der Waals surface area contributed by atoms with E-state index in [1.54, 1.807) is 0 Å². The molecule has 0 unspecified atom stereocenters. The minimum atomic E-state index is 0.562. The molecule has 5 heteroatoms. The lowest BCUT2D eigenvalue weighted by molar-refractivity contribution is 1.42. The molecule has 0 saturated carbocycles. The summed E-state index contributed by atoms with van der Waals surface area (Å²) >= 11 is 14.4. The summed E-state index contributed by atoms with van der Waals surface area (Å²) in [6.45, 7) is 0. The van der Waals surface area contributed by atoms with Crippen LogP contribution in [0, 0.1) is 0 Å². The Bertz CT molecular complexity index is 355. The molecule has 0 radical (unpaired) electrons. The molecule has 0 N–H and O–H groups in total. The molecule has 1 nitrogen and oxygen atoms in total. The van der Waals surface area contributed by atoms with Gasteiger partial charge in [-0.05, 0) is 6.07 Å². The van der Waals surface area contributed by atoms with Crippen LogP contribution in [0.2, 0.25) is 8.80 Å². The number of nitrogens with zero attached hydrogens (tertiary/aromatic N) is 1. The maximum Gasteiger partial charge on any atom is 0.184 e. The topological polar surface area (TPSA) is 12.9 Å². The summed E-state index contributed by atoms with van der Waals surface area (Å²) in [5.41, 5.74) is 1.93. The minimum Gasteiger partial charge on any atom is -0.225 e. The predicted molar refractivity (Wildman–Crippen MR) is 55.4 cm³/mol. The molecule has 2 aromatic rings. The van der Waals surface area contributed by atoms with Crippen LogP contribution in [0.3, 0.4) is 0 Å². The molecule has 0 amide bonds. The average molecular weight is 236 g/mol. The maximum atomic E-state index is 5.78. The second kappa shape index (κ2) is 3.34. The van der Waals surface area contributed by atoms with Gasteiger partial charge in [0, 0.05) is 16.3 Å². The van der Waals surface area contributed by atoms with Crippen LogP contribution in [0.15, 0.2) is 16.8 Å². The van der Waals surface area contributed by atoms with E-state index in [9.17, 15) is 0 Å². The van der Waals surface area contributed by atoms with E-state index in [2.05, 4.69) is 4.98 Å². The van der Waals surface area contributed by atoms with E-state index in [0.717, 1.165) is 15.6 Å². The number of thiophene rings is 1. The monoisotopic (exact) mass is 235 g/mol. The van der Waals surface area contributed by atoms with E-state index in [-0.39, 0.29) is 0 Å². The van der Waals surface area contributed by atoms with Crippen LogP contribution in [0.1, 0.15) is 0 Å². The van der Waals surface area contributed by atoms with E-state index < -0.39 is 0 Å². The summed E-state index contributed by atoms with van der Waals surface area (Å²) < 4.78 is 1.33. The van der Waals surface area contributed by atoms with Crippen LogP contribution in [0.25, 0.3) is 11.3 Å². The standard InChI is InChI=1S/C7H3Cl2NS2/c8-6-1-4(2-11-6)5-3-12-7(9)10-5/h1-3H. The van der Waals surface area contributed by atoms with E-state index in [0.29, 0.717) is 4.47 Å². The molecule has 0 saturated heterocycles. The van der Waals surface area contributed by atoms with Crippen molar-refractivity contribution in [1.82, 2.24) is 4.98 Å². The molecule has 0 aliphatic carbocycles. The van der Waals surface area contributed by atoms with Crippen molar-refractivity contribution >= 4 is 45.9 Å². The van der Waals surface area contributed by atoms with Crippen molar-refractivity contribution in [3.63, 3.8) is 0 Å². The number of rotatable bonds is 1. The normalized spacial score (nSPS) is 10.5. The first kappa shape index (κ1) is 8.51. The fourth-order valence-electron chi connectivity index (χ4n) is 0.829. The van der Waals surface area contributed by atoms with Crippen molar-refractivity contribution in [2.45, 2.75) is 0 Å². The summed E-state index contributed by atoms with van der Waals surface area (Å²) in [6, 6.07) is 1.89. The van der Waals surface area contributed by atoms with Crippen molar-refractivity contribution in [1.29, 1.82) is 0 Å². The van der Waals surface area contributed by atoms with Crippen molar-refractivity contribution in [3.05, 3.63) is 25.6 Å². The molecular formula is C7H3Cl2NS2. The number of hydrogen-bond donors (Lipinski definition) is 0. The lowest BCUT2D eigenvalue weighted by Crippen LogP contribution is -1.69. The van der Waals surface area contributed by atoms with Crippen molar-refractivity contribution in [2.24, 2.45) is 0 Å². The molecule has 0 aliphatic rings. The first-order valence-corrected chi connectivity index (χ1v) is 5.62. The highest BCUT2D eigenvalue weighted by molar-refractivity contribution is 7.15.